The predicted octanol–water partition coefficient (Wildman–Crippen LogP) is 3.25. The van der Waals surface area contributed by atoms with Gasteiger partial charge in [-0.2, -0.15) is 4.31 Å². The second-order valence-electron chi connectivity index (χ2n) is 8.19. The van der Waals surface area contributed by atoms with E-state index in [0.29, 0.717) is 42.0 Å². The summed E-state index contributed by atoms with van der Waals surface area (Å²) in [5, 5.41) is 7.74. The molecule has 4 rings (SSSR count). The summed E-state index contributed by atoms with van der Waals surface area (Å²) in [6.45, 7) is 3.19. The first kappa shape index (κ1) is 23.7. The minimum Gasteiger partial charge on any atom is -0.492 e. The lowest BCUT2D eigenvalue weighted by Crippen LogP contribution is -2.35. The van der Waals surface area contributed by atoms with Crippen molar-refractivity contribution >= 4 is 44.0 Å². The number of aromatic nitrogens is 1. The number of nitrogens with one attached hydrogen (secondary N) is 2. The van der Waals surface area contributed by atoms with Gasteiger partial charge in [0.15, 0.2) is 5.13 Å². The highest BCUT2D eigenvalue weighted by Crippen LogP contribution is 2.32. The predicted molar refractivity (Wildman–Crippen MR) is 126 cm³/mol. The van der Waals surface area contributed by atoms with Crippen LogP contribution in [0.4, 0.5) is 10.8 Å². The van der Waals surface area contributed by atoms with Gasteiger partial charge in [0, 0.05) is 24.4 Å². The zero-order valence-corrected chi connectivity index (χ0v) is 20.1. The van der Waals surface area contributed by atoms with Crippen molar-refractivity contribution in [2.24, 2.45) is 5.92 Å². The Labute approximate surface area is 197 Å². The van der Waals surface area contributed by atoms with Crippen LogP contribution >= 0.6 is 11.3 Å². The van der Waals surface area contributed by atoms with Crippen molar-refractivity contribution in [3.8, 4) is 5.75 Å². The second-order valence-corrected chi connectivity index (χ2v) is 11.0. The van der Waals surface area contributed by atoms with E-state index in [-0.39, 0.29) is 29.0 Å². The summed E-state index contributed by atoms with van der Waals surface area (Å²) in [5.41, 5.74) is 0.830. The van der Waals surface area contributed by atoms with Gasteiger partial charge in [-0.05, 0) is 50.8 Å². The van der Waals surface area contributed by atoms with Crippen molar-refractivity contribution < 1.29 is 22.7 Å². The molecule has 1 aromatic heterocycles. The number of carbonyl (C=O) groups is 2. The SMILES string of the molecule is CCOc1ccc(S(=O)(=O)N2CCCCC2)cc1NC(=O)Cc1csc(NC(=O)C2CC2)n1. The summed E-state index contributed by atoms with van der Waals surface area (Å²) in [4.78, 5) is 29.0. The fourth-order valence-electron chi connectivity index (χ4n) is 3.66. The summed E-state index contributed by atoms with van der Waals surface area (Å²) in [6, 6.07) is 4.54. The van der Waals surface area contributed by atoms with E-state index in [9.17, 15) is 18.0 Å². The number of thiazole rings is 1. The normalized spacial score (nSPS) is 16.9. The first-order chi connectivity index (χ1) is 15.9. The zero-order chi connectivity index (χ0) is 23.4. The summed E-state index contributed by atoms with van der Waals surface area (Å²) >= 11 is 1.27. The van der Waals surface area contributed by atoms with Gasteiger partial charge >= 0.3 is 0 Å². The Balaban J connectivity index is 1.46. The van der Waals surface area contributed by atoms with Crippen LogP contribution in [-0.2, 0) is 26.0 Å². The van der Waals surface area contributed by atoms with Gasteiger partial charge in [-0.1, -0.05) is 6.42 Å². The lowest BCUT2D eigenvalue weighted by atomic mass is 10.2. The van der Waals surface area contributed by atoms with Crippen molar-refractivity contribution in [2.75, 3.05) is 30.3 Å². The Bertz CT molecular complexity index is 1120. The Morgan fingerprint density at radius 3 is 2.64 bits per heavy atom. The van der Waals surface area contributed by atoms with Gasteiger partial charge in [0.2, 0.25) is 21.8 Å². The highest BCUT2D eigenvalue weighted by atomic mass is 32.2. The van der Waals surface area contributed by atoms with Crippen molar-refractivity contribution in [3.63, 3.8) is 0 Å². The molecule has 1 aromatic carbocycles. The molecule has 0 spiro atoms. The first-order valence-electron chi connectivity index (χ1n) is 11.2. The zero-order valence-electron chi connectivity index (χ0n) is 18.5. The molecule has 0 bridgehead atoms. The summed E-state index contributed by atoms with van der Waals surface area (Å²) < 4.78 is 33.2. The number of sulfonamides is 1. The molecule has 11 heteroatoms. The van der Waals surface area contributed by atoms with Gasteiger partial charge in [0.25, 0.3) is 0 Å². The molecule has 178 valence electrons. The third kappa shape index (κ3) is 5.90. The maximum Gasteiger partial charge on any atom is 0.243 e. The number of anilines is 2. The summed E-state index contributed by atoms with van der Waals surface area (Å²) in [7, 11) is -3.65. The molecular formula is C22H28N4O5S2. The molecule has 2 aliphatic rings. The third-order valence-corrected chi connectivity index (χ3v) is 8.25. The number of carbonyl (C=O) groups excluding carboxylic acids is 2. The van der Waals surface area contributed by atoms with Gasteiger partial charge in [-0.3, -0.25) is 9.59 Å². The molecule has 0 atom stereocenters. The molecule has 2 amide bonds. The van der Waals surface area contributed by atoms with E-state index in [2.05, 4.69) is 15.6 Å². The van der Waals surface area contributed by atoms with E-state index in [0.717, 1.165) is 32.1 Å². The van der Waals surface area contributed by atoms with Crippen LogP contribution in [0, 0.1) is 5.92 Å². The lowest BCUT2D eigenvalue weighted by Gasteiger charge is -2.26. The summed E-state index contributed by atoms with van der Waals surface area (Å²) in [6.07, 6.45) is 4.51. The van der Waals surface area contributed by atoms with Gasteiger partial charge in [-0.25, -0.2) is 13.4 Å². The molecule has 1 saturated heterocycles. The van der Waals surface area contributed by atoms with E-state index < -0.39 is 10.0 Å². The van der Waals surface area contributed by atoms with Crippen LogP contribution in [0.5, 0.6) is 5.75 Å². The highest BCUT2D eigenvalue weighted by molar-refractivity contribution is 7.89. The number of hydrogen-bond donors (Lipinski definition) is 2. The van der Waals surface area contributed by atoms with E-state index in [4.69, 9.17) is 4.74 Å². The third-order valence-electron chi connectivity index (χ3n) is 5.55. The van der Waals surface area contributed by atoms with Gasteiger partial charge < -0.3 is 15.4 Å². The van der Waals surface area contributed by atoms with Crippen LogP contribution in [-0.4, -0.2) is 49.2 Å². The number of rotatable bonds is 9. The molecule has 0 unspecified atom stereocenters. The van der Waals surface area contributed by atoms with Crippen LogP contribution < -0.4 is 15.4 Å². The van der Waals surface area contributed by atoms with Crippen LogP contribution in [0.1, 0.15) is 44.7 Å². The van der Waals surface area contributed by atoms with Crippen LogP contribution in [0.15, 0.2) is 28.5 Å². The van der Waals surface area contributed by atoms with Crippen molar-refractivity contribution in [3.05, 3.63) is 29.3 Å². The van der Waals surface area contributed by atoms with Crippen molar-refractivity contribution in [1.29, 1.82) is 0 Å². The van der Waals surface area contributed by atoms with E-state index in [1.807, 2.05) is 6.92 Å². The van der Waals surface area contributed by atoms with Gasteiger partial charge in [0.05, 0.1) is 29.3 Å². The van der Waals surface area contributed by atoms with Gasteiger partial charge in [-0.15, -0.1) is 11.3 Å². The maximum atomic E-state index is 13.1. The van der Waals surface area contributed by atoms with Crippen molar-refractivity contribution in [2.45, 2.75) is 50.3 Å². The number of benzene rings is 1. The molecule has 33 heavy (non-hydrogen) atoms. The van der Waals surface area contributed by atoms with Crippen LogP contribution in [0.2, 0.25) is 0 Å². The lowest BCUT2D eigenvalue weighted by molar-refractivity contribution is -0.117. The average molecular weight is 493 g/mol. The first-order valence-corrected chi connectivity index (χ1v) is 13.5. The molecule has 0 radical (unpaired) electrons. The molecule has 2 aromatic rings. The van der Waals surface area contributed by atoms with E-state index >= 15 is 0 Å². The number of amides is 2. The van der Waals surface area contributed by atoms with Gasteiger partial charge in [0.1, 0.15) is 5.75 Å². The maximum absolute atomic E-state index is 13.1. The Morgan fingerprint density at radius 1 is 1.18 bits per heavy atom. The molecule has 1 aliphatic carbocycles. The Kier molecular flexibility index (Phi) is 7.30. The Morgan fingerprint density at radius 2 is 1.94 bits per heavy atom. The van der Waals surface area contributed by atoms with E-state index in [1.54, 1.807) is 11.4 Å². The topological polar surface area (TPSA) is 118 Å². The number of piperidine rings is 1. The van der Waals surface area contributed by atoms with Crippen LogP contribution in [0.3, 0.4) is 0 Å². The average Bonchev–Trinajstić information content (AvgIpc) is 3.57. The molecule has 1 aliphatic heterocycles. The van der Waals surface area contributed by atoms with Crippen molar-refractivity contribution in [1.82, 2.24) is 9.29 Å². The Hall–Kier alpha value is -2.50. The number of nitrogens with zero attached hydrogens (tertiary/aromatic N) is 2. The molecule has 2 N–H and O–H groups in total. The molecule has 9 nitrogen and oxygen atoms in total. The highest BCUT2D eigenvalue weighted by Gasteiger charge is 2.30. The largest absolute Gasteiger partial charge is 0.492 e. The monoisotopic (exact) mass is 492 g/mol. The minimum atomic E-state index is -3.65. The quantitative estimate of drug-likeness (QED) is 0.555. The summed E-state index contributed by atoms with van der Waals surface area (Å²) in [5.74, 6) is 0.0903. The standard InChI is InChI=1S/C22H28N4O5S2/c1-2-31-19-9-8-17(33(29,30)26-10-4-3-5-11-26)13-18(19)24-20(27)12-16-14-32-22(23-16)25-21(28)15-6-7-15/h8-9,13-15H,2-7,10-12H2,1H3,(H,24,27)(H,23,25,28). The van der Waals surface area contributed by atoms with Crippen LogP contribution in [0.25, 0.3) is 0 Å². The molecule has 2 fully saturated rings. The molecular weight excluding hydrogens is 464 g/mol. The van der Waals surface area contributed by atoms with E-state index in [1.165, 1.54) is 27.8 Å². The fraction of sp³-hybridized carbons (Fsp3) is 0.500. The fourth-order valence-corrected chi connectivity index (χ4v) is 5.92. The molecule has 2 heterocycles. The molecule has 1 saturated carbocycles. The smallest absolute Gasteiger partial charge is 0.243 e. The minimum absolute atomic E-state index is 0.00946. The number of hydrogen-bond acceptors (Lipinski definition) is 7. The number of ether oxygens (including phenoxy) is 1. The second kappa shape index (κ2) is 10.2.